The lowest BCUT2D eigenvalue weighted by Gasteiger charge is -2.33. The van der Waals surface area contributed by atoms with E-state index in [2.05, 4.69) is 0 Å². The average Bonchev–Trinajstić information content (AvgIpc) is 3.34. The highest BCUT2D eigenvalue weighted by Crippen LogP contribution is 2.31. The number of urea groups is 1. The molecule has 1 aliphatic heterocycles. The molecule has 4 amide bonds. The van der Waals surface area contributed by atoms with Crippen molar-refractivity contribution in [3.05, 3.63) is 113 Å². The summed E-state index contributed by atoms with van der Waals surface area (Å²) in [7, 11) is 0. The SMILES string of the molecule is O=C1C(=Cc2ccc(-c3ccc(F)c(Cl)c3)o2)C(=O)N(c2ccccc2)C(=O)N1c1ccccc1. The van der Waals surface area contributed by atoms with Crippen LogP contribution >= 0.6 is 11.6 Å². The average molecular weight is 487 g/mol. The van der Waals surface area contributed by atoms with Gasteiger partial charge in [0.15, 0.2) is 0 Å². The number of hydrogen-bond donors (Lipinski definition) is 0. The third-order valence-corrected chi connectivity index (χ3v) is 5.69. The summed E-state index contributed by atoms with van der Waals surface area (Å²) in [6, 6.07) is 23.2. The van der Waals surface area contributed by atoms with E-state index in [1.54, 1.807) is 72.8 Å². The van der Waals surface area contributed by atoms with Crippen molar-refractivity contribution in [3.63, 3.8) is 0 Å². The van der Waals surface area contributed by atoms with Crippen molar-refractivity contribution in [1.29, 1.82) is 0 Å². The monoisotopic (exact) mass is 486 g/mol. The van der Waals surface area contributed by atoms with Crippen LogP contribution in [0.1, 0.15) is 5.76 Å². The van der Waals surface area contributed by atoms with Crippen molar-refractivity contribution in [2.24, 2.45) is 0 Å². The molecule has 1 aromatic heterocycles. The lowest BCUT2D eigenvalue weighted by molar-refractivity contribution is -0.121. The second kappa shape index (κ2) is 9.04. The van der Waals surface area contributed by atoms with E-state index >= 15 is 0 Å². The van der Waals surface area contributed by atoms with E-state index in [4.69, 9.17) is 16.0 Å². The molecule has 5 rings (SSSR count). The molecule has 0 bridgehead atoms. The molecule has 0 spiro atoms. The summed E-state index contributed by atoms with van der Waals surface area (Å²) in [5, 5.41) is -0.0630. The van der Waals surface area contributed by atoms with Crippen LogP contribution in [0.2, 0.25) is 5.02 Å². The van der Waals surface area contributed by atoms with Gasteiger partial charge in [0.2, 0.25) is 0 Å². The molecule has 1 aliphatic rings. The Morgan fingerprint density at radius 1 is 0.743 bits per heavy atom. The van der Waals surface area contributed by atoms with Crippen LogP contribution in [0.25, 0.3) is 17.4 Å². The Morgan fingerprint density at radius 3 is 1.86 bits per heavy atom. The maximum Gasteiger partial charge on any atom is 0.343 e. The first-order valence-electron chi connectivity index (χ1n) is 10.5. The van der Waals surface area contributed by atoms with Gasteiger partial charge in [0, 0.05) is 5.56 Å². The number of carbonyl (C=O) groups is 3. The maximum atomic E-state index is 13.5. The van der Waals surface area contributed by atoms with Gasteiger partial charge in [-0.2, -0.15) is 0 Å². The van der Waals surface area contributed by atoms with Gasteiger partial charge in [0.1, 0.15) is 22.9 Å². The summed E-state index contributed by atoms with van der Waals surface area (Å²) in [6.07, 6.45) is 1.29. The summed E-state index contributed by atoms with van der Waals surface area (Å²) in [5.74, 6) is -1.55. The zero-order valence-corrected chi connectivity index (χ0v) is 18.8. The number of para-hydroxylation sites is 2. The number of imide groups is 2. The molecule has 0 unspecified atom stereocenters. The van der Waals surface area contributed by atoms with Gasteiger partial charge in [-0.05, 0) is 60.7 Å². The van der Waals surface area contributed by atoms with E-state index < -0.39 is 23.7 Å². The van der Waals surface area contributed by atoms with Crippen molar-refractivity contribution in [1.82, 2.24) is 0 Å². The van der Waals surface area contributed by atoms with Crippen LogP contribution in [0, 0.1) is 5.82 Å². The van der Waals surface area contributed by atoms with Gasteiger partial charge in [0.25, 0.3) is 11.8 Å². The van der Waals surface area contributed by atoms with Gasteiger partial charge in [-0.3, -0.25) is 9.59 Å². The quantitative estimate of drug-likeness (QED) is 0.250. The number of nitrogens with zero attached hydrogens (tertiary/aromatic N) is 2. The van der Waals surface area contributed by atoms with E-state index in [0.717, 1.165) is 9.80 Å². The highest BCUT2D eigenvalue weighted by atomic mass is 35.5. The second-order valence-corrected chi connectivity index (χ2v) is 8.03. The molecular weight excluding hydrogens is 471 g/mol. The van der Waals surface area contributed by atoms with Crippen LogP contribution in [0.3, 0.4) is 0 Å². The van der Waals surface area contributed by atoms with Crippen LogP contribution in [0.5, 0.6) is 0 Å². The van der Waals surface area contributed by atoms with E-state index in [1.165, 1.54) is 24.3 Å². The van der Waals surface area contributed by atoms with Crippen molar-refractivity contribution in [3.8, 4) is 11.3 Å². The molecule has 2 heterocycles. The van der Waals surface area contributed by atoms with Crippen LogP contribution in [-0.4, -0.2) is 17.8 Å². The lowest BCUT2D eigenvalue weighted by atomic mass is 10.1. The van der Waals surface area contributed by atoms with Gasteiger partial charge >= 0.3 is 6.03 Å². The van der Waals surface area contributed by atoms with E-state index in [1.807, 2.05) is 0 Å². The van der Waals surface area contributed by atoms with Crippen LogP contribution < -0.4 is 9.80 Å². The third kappa shape index (κ3) is 4.13. The predicted octanol–water partition coefficient (Wildman–Crippen LogP) is 6.32. The molecule has 0 N–H and O–H groups in total. The lowest BCUT2D eigenvalue weighted by Crippen LogP contribution is -2.57. The molecule has 1 fully saturated rings. The minimum atomic E-state index is -0.782. The summed E-state index contributed by atoms with van der Waals surface area (Å²) < 4.78 is 19.3. The van der Waals surface area contributed by atoms with Crippen LogP contribution in [-0.2, 0) is 9.59 Å². The number of benzene rings is 3. The Bertz CT molecular complexity index is 1420. The second-order valence-electron chi connectivity index (χ2n) is 7.62. The van der Waals surface area contributed by atoms with Crippen LogP contribution in [0.4, 0.5) is 20.6 Å². The Labute approximate surface area is 204 Å². The fraction of sp³-hybridized carbons (Fsp3) is 0. The largest absolute Gasteiger partial charge is 0.457 e. The van der Waals surface area contributed by atoms with Crippen molar-refractivity contribution >= 4 is 46.9 Å². The fourth-order valence-corrected chi connectivity index (χ4v) is 3.90. The zero-order valence-electron chi connectivity index (χ0n) is 18.0. The number of hydrogen-bond acceptors (Lipinski definition) is 4. The molecule has 0 saturated carbocycles. The van der Waals surface area contributed by atoms with E-state index in [9.17, 15) is 18.8 Å². The minimum Gasteiger partial charge on any atom is -0.457 e. The first-order chi connectivity index (χ1) is 16.9. The van der Waals surface area contributed by atoms with Crippen LogP contribution in [0.15, 0.2) is 101 Å². The molecular formula is C27H16ClFN2O4. The number of amides is 4. The molecule has 3 aromatic carbocycles. The molecule has 0 radical (unpaired) electrons. The number of barbiturate groups is 1. The molecule has 0 aliphatic carbocycles. The molecule has 4 aromatic rings. The van der Waals surface area contributed by atoms with Crippen molar-refractivity contribution in [2.75, 3.05) is 9.80 Å². The van der Waals surface area contributed by atoms with Gasteiger partial charge < -0.3 is 4.42 Å². The predicted molar refractivity (Wildman–Crippen MR) is 130 cm³/mol. The van der Waals surface area contributed by atoms with Gasteiger partial charge in [-0.15, -0.1) is 0 Å². The molecule has 8 heteroatoms. The number of halogens is 2. The Morgan fingerprint density at radius 2 is 1.31 bits per heavy atom. The Balaban J connectivity index is 1.58. The minimum absolute atomic E-state index is 0.0630. The molecule has 1 saturated heterocycles. The number of carbonyl (C=O) groups excluding carboxylic acids is 3. The Hall–Kier alpha value is -4.49. The summed E-state index contributed by atoms with van der Waals surface area (Å²) in [4.78, 5) is 42.0. The molecule has 6 nitrogen and oxygen atoms in total. The van der Waals surface area contributed by atoms with Crippen molar-refractivity contribution in [2.45, 2.75) is 0 Å². The number of rotatable bonds is 4. The summed E-state index contributed by atoms with van der Waals surface area (Å²) >= 11 is 5.87. The summed E-state index contributed by atoms with van der Waals surface area (Å²) in [5.41, 5.74) is 0.913. The first-order valence-corrected chi connectivity index (χ1v) is 10.9. The molecule has 0 atom stereocenters. The topological polar surface area (TPSA) is 70.8 Å². The number of anilines is 2. The maximum absolute atomic E-state index is 13.5. The first kappa shape index (κ1) is 22.3. The smallest absolute Gasteiger partial charge is 0.343 e. The zero-order chi connectivity index (χ0) is 24.5. The van der Waals surface area contributed by atoms with Crippen molar-refractivity contribution < 1.29 is 23.2 Å². The van der Waals surface area contributed by atoms with Gasteiger partial charge in [-0.25, -0.2) is 19.0 Å². The normalized spacial score (nSPS) is 14.0. The van der Waals surface area contributed by atoms with E-state index in [0.29, 0.717) is 22.7 Å². The highest BCUT2D eigenvalue weighted by molar-refractivity contribution is 6.46. The number of furan rings is 1. The molecule has 35 heavy (non-hydrogen) atoms. The fourth-order valence-electron chi connectivity index (χ4n) is 3.72. The summed E-state index contributed by atoms with van der Waals surface area (Å²) in [6.45, 7) is 0. The third-order valence-electron chi connectivity index (χ3n) is 5.40. The Kier molecular flexibility index (Phi) is 5.76. The van der Waals surface area contributed by atoms with Gasteiger partial charge in [-0.1, -0.05) is 48.0 Å². The highest BCUT2D eigenvalue weighted by Gasteiger charge is 2.43. The standard InChI is InChI=1S/C27H16ClFN2O4/c28-22-15-17(11-13-23(22)29)24-14-12-20(35-24)16-21-25(32)30(18-7-3-1-4-8-18)27(34)31(26(21)33)19-9-5-2-6-10-19/h1-16H. The molecule has 172 valence electrons. The van der Waals surface area contributed by atoms with Gasteiger partial charge in [0.05, 0.1) is 16.4 Å². The van der Waals surface area contributed by atoms with E-state index in [-0.39, 0.29) is 16.4 Å².